The second-order valence-electron chi connectivity index (χ2n) is 7.44. The normalized spacial score (nSPS) is 19.2. The van der Waals surface area contributed by atoms with Crippen molar-refractivity contribution in [2.75, 3.05) is 0 Å². The molecule has 3 rings (SSSR count). The van der Waals surface area contributed by atoms with E-state index in [9.17, 15) is 9.59 Å². The van der Waals surface area contributed by atoms with Crippen molar-refractivity contribution in [3.8, 4) is 5.75 Å². The number of ether oxygens (including phenoxy) is 1. The molecule has 0 saturated carbocycles. The van der Waals surface area contributed by atoms with Gasteiger partial charge < -0.3 is 4.74 Å². The number of Topliss-reactive ketones (excluding diaryl/α,β-unsaturated/α-hetero) is 1. The number of ketones is 1. The molecule has 0 saturated heterocycles. The molecule has 0 N–H and O–H groups in total. The van der Waals surface area contributed by atoms with Gasteiger partial charge in [0, 0.05) is 11.1 Å². The second kappa shape index (κ2) is 5.99. The molecule has 0 aromatic heterocycles. The van der Waals surface area contributed by atoms with Crippen molar-refractivity contribution < 1.29 is 14.3 Å². The molecule has 1 aliphatic heterocycles. The SMILES string of the molecule is C=CCC1(C(=O)c2ccccc2)C(=O)Oc2ccc(C(C)(C)C)cc21. The standard InChI is InChI=1S/C22H22O3/c1-5-13-22(19(23)15-9-7-6-8-10-15)17-14-16(21(2,3)4)11-12-18(17)25-20(22)24/h5-12,14H,1,13H2,2-4H3. The fraction of sp³-hybridized carbons (Fsp3) is 0.273. The lowest BCUT2D eigenvalue weighted by molar-refractivity contribution is -0.136. The fourth-order valence-corrected chi connectivity index (χ4v) is 3.27. The van der Waals surface area contributed by atoms with Gasteiger partial charge in [0.25, 0.3) is 0 Å². The molecule has 2 aromatic rings. The quantitative estimate of drug-likeness (QED) is 0.270. The molecule has 3 nitrogen and oxygen atoms in total. The summed E-state index contributed by atoms with van der Waals surface area (Å²) < 4.78 is 5.48. The second-order valence-corrected chi connectivity index (χ2v) is 7.44. The van der Waals surface area contributed by atoms with Gasteiger partial charge in [-0.05, 0) is 29.5 Å². The van der Waals surface area contributed by atoms with Crippen LogP contribution in [0.25, 0.3) is 0 Å². The van der Waals surface area contributed by atoms with E-state index in [-0.39, 0.29) is 17.6 Å². The van der Waals surface area contributed by atoms with Gasteiger partial charge in [0.1, 0.15) is 5.75 Å². The Bertz CT molecular complexity index is 843. The Hall–Kier alpha value is -2.68. The van der Waals surface area contributed by atoms with Gasteiger partial charge >= 0.3 is 5.97 Å². The number of esters is 1. The van der Waals surface area contributed by atoms with Crippen molar-refractivity contribution >= 4 is 11.8 Å². The highest BCUT2D eigenvalue weighted by Crippen LogP contribution is 2.46. The third-order valence-corrected chi connectivity index (χ3v) is 4.73. The van der Waals surface area contributed by atoms with Gasteiger partial charge in [-0.3, -0.25) is 9.59 Å². The smallest absolute Gasteiger partial charge is 0.330 e. The number of benzene rings is 2. The Kier molecular flexibility index (Phi) is 4.11. The summed E-state index contributed by atoms with van der Waals surface area (Å²) in [6.45, 7) is 10.1. The highest BCUT2D eigenvalue weighted by molar-refractivity contribution is 6.19. The number of fused-ring (bicyclic) bond motifs is 1. The summed E-state index contributed by atoms with van der Waals surface area (Å²) in [4.78, 5) is 26.2. The van der Waals surface area contributed by atoms with Crippen LogP contribution in [0.5, 0.6) is 5.75 Å². The van der Waals surface area contributed by atoms with Crippen molar-refractivity contribution in [2.24, 2.45) is 0 Å². The summed E-state index contributed by atoms with van der Waals surface area (Å²) in [6.07, 6.45) is 1.82. The summed E-state index contributed by atoms with van der Waals surface area (Å²) in [5, 5.41) is 0. The molecule has 3 heteroatoms. The summed E-state index contributed by atoms with van der Waals surface area (Å²) >= 11 is 0. The Balaban J connectivity index is 2.23. The lowest BCUT2D eigenvalue weighted by Gasteiger charge is -2.25. The van der Waals surface area contributed by atoms with Crippen molar-refractivity contribution in [1.82, 2.24) is 0 Å². The maximum absolute atomic E-state index is 13.3. The summed E-state index contributed by atoms with van der Waals surface area (Å²) in [5.41, 5.74) is 0.726. The minimum atomic E-state index is -1.36. The molecule has 25 heavy (non-hydrogen) atoms. The highest BCUT2D eigenvalue weighted by atomic mass is 16.5. The van der Waals surface area contributed by atoms with E-state index in [1.807, 2.05) is 18.2 Å². The average molecular weight is 334 g/mol. The van der Waals surface area contributed by atoms with Gasteiger partial charge in [0.2, 0.25) is 0 Å². The predicted octanol–water partition coefficient (Wildman–Crippen LogP) is 4.60. The predicted molar refractivity (Wildman–Crippen MR) is 98.0 cm³/mol. The molecule has 0 amide bonds. The van der Waals surface area contributed by atoms with Crippen molar-refractivity contribution in [3.63, 3.8) is 0 Å². The van der Waals surface area contributed by atoms with Crippen LogP contribution in [-0.2, 0) is 15.6 Å². The molecular weight excluding hydrogens is 312 g/mol. The van der Waals surface area contributed by atoms with E-state index in [4.69, 9.17) is 4.74 Å². The van der Waals surface area contributed by atoms with E-state index in [1.54, 1.807) is 36.4 Å². The van der Waals surface area contributed by atoms with E-state index >= 15 is 0 Å². The first-order valence-electron chi connectivity index (χ1n) is 8.39. The topological polar surface area (TPSA) is 43.4 Å². The first kappa shape index (κ1) is 17.2. The maximum atomic E-state index is 13.3. The largest absolute Gasteiger partial charge is 0.425 e. The first-order valence-corrected chi connectivity index (χ1v) is 8.39. The summed E-state index contributed by atoms with van der Waals surface area (Å²) in [6, 6.07) is 14.6. The molecule has 2 aromatic carbocycles. The zero-order valence-corrected chi connectivity index (χ0v) is 14.8. The monoisotopic (exact) mass is 334 g/mol. The molecule has 0 fully saturated rings. The third kappa shape index (κ3) is 2.70. The molecular formula is C22H22O3. The molecule has 0 radical (unpaired) electrons. The maximum Gasteiger partial charge on any atom is 0.330 e. The molecule has 1 aliphatic rings. The first-order chi connectivity index (χ1) is 11.8. The molecule has 0 bridgehead atoms. The van der Waals surface area contributed by atoms with Crippen molar-refractivity contribution in [2.45, 2.75) is 38.0 Å². The molecule has 0 spiro atoms. The number of allylic oxidation sites excluding steroid dienone is 1. The van der Waals surface area contributed by atoms with Crippen LogP contribution in [-0.4, -0.2) is 11.8 Å². The van der Waals surface area contributed by atoms with Gasteiger partial charge in [0.05, 0.1) is 0 Å². The van der Waals surface area contributed by atoms with E-state index in [1.165, 1.54) is 0 Å². The highest BCUT2D eigenvalue weighted by Gasteiger charge is 2.54. The fourth-order valence-electron chi connectivity index (χ4n) is 3.27. The van der Waals surface area contributed by atoms with Crippen LogP contribution in [0.1, 0.15) is 48.7 Å². The van der Waals surface area contributed by atoms with Crippen LogP contribution in [0.4, 0.5) is 0 Å². The van der Waals surface area contributed by atoms with Crippen molar-refractivity contribution in [3.05, 3.63) is 77.9 Å². The van der Waals surface area contributed by atoms with E-state index < -0.39 is 11.4 Å². The van der Waals surface area contributed by atoms with Gasteiger partial charge in [-0.1, -0.05) is 63.2 Å². The lowest BCUT2D eigenvalue weighted by Crippen LogP contribution is -2.42. The van der Waals surface area contributed by atoms with Crippen molar-refractivity contribution in [1.29, 1.82) is 0 Å². The minimum absolute atomic E-state index is 0.101. The Morgan fingerprint density at radius 1 is 1.16 bits per heavy atom. The van der Waals surface area contributed by atoms with Crippen LogP contribution in [0.2, 0.25) is 0 Å². The van der Waals surface area contributed by atoms with Crippen LogP contribution in [0, 0.1) is 0 Å². The number of hydrogen-bond acceptors (Lipinski definition) is 3. The average Bonchev–Trinajstić information content (AvgIpc) is 2.86. The molecule has 128 valence electrons. The van der Waals surface area contributed by atoms with Gasteiger partial charge in [-0.15, -0.1) is 6.58 Å². The molecule has 0 aliphatic carbocycles. The molecule has 1 unspecified atom stereocenters. The minimum Gasteiger partial charge on any atom is -0.425 e. The molecule has 1 atom stereocenters. The van der Waals surface area contributed by atoms with E-state index in [0.29, 0.717) is 16.9 Å². The number of hydrogen-bond donors (Lipinski definition) is 0. The van der Waals surface area contributed by atoms with E-state index in [2.05, 4.69) is 27.4 Å². The number of rotatable bonds is 4. The third-order valence-electron chi connectivity index (χ3n) is 4.73. The summed E-state index contributed by atoms with van der Waals surface area (Å²) in [5.74, 6) is -0.311. The molecule has 1 heterocycles. The van der Waals surface area contributed by atoms with Gasteiger partial charge in [0.15, 0.2) is 11.2 Å². The van der Waals surface area contributed by atoms with Crippen LogP contribution < -0.4 is 4.74 Å². The lowest BCUT2D eigenvalue weighted by atomic mass is 9.71. The van der Waals surface area contributed by atoms with Crippen LogP contribution >= 0.6 is 0 Å². The zero-order valence-electron chi connectivity index (χ0n) is 14.8. The van der Waals surface area contributed by atoms with Gasteiger partial charge in [-0.25, -0.2) is 0 Å². The Morgan fingerprint density at radius 2 is 1.84 bits per heavy atom. The summed E-state index contributed by atoms with van der Waals surface area (Å²) in [7, 11) is 0. The van der Waals surface area contributed by atoms with Crippen LogP contribution in [0.3, 0.4) is 0 Å². The van der Waals surface area contributed by atoms with E-state index in [0.717, 1.165) is 5.56 Å². The number of carbonyl (C=O) groups excluding carboxylic acids is 2. The zero-order chi connectivity index (χ0) is 18.2. The van der Waals surface area contributed by atoms with Crippen LogP contribution in [0.15, 0.2) is 61.2 Å². The Morgan fingerprint density at radius 3 is 2.44 bits per heavy atom. The number of carbonyl (C=O) groups is 2. The Labute approximate surface area is 148 Å². The van der Waals surface area contributed by atoms with Gasteiger partial charge in [-0.2, -0.15) is 0 Å².